The Morgan fingerprint density at radius 2 is 2.47 bits per heavy atom. The first-order valence-electron chi connectivity index (χ1n) is 5.76. The molecular weight excluding hydrogens is 206 g/mol. The first-order chi connectivity index (χ1) is 7.43. The van der Waals surface area contributed by atoms with E-state index in [1.54, 1.807) is 11.3 Å². The number of rotatable bonds is 3. The van der Waals surface area contributed by atoms with Crippen molar-refractivity contribution < 1.29 is 0 Å². The number of thiazole rings is 1. The van der Waals surface area contributed by atoms with Crippen LogP contribution in [-0.4, -0.2) is 35.6 Å². The second kappa shape index (κ2) is 4.20. The van der Waals surface area contributed by atoms with E-state index >= 15 is 0 Å². The monoisotopic (exact) mass is 223 g/mol. The Morgan fingerprint density at radius 3 is 3.20 bits per heavy atom. The molecule has 3 rings (SSSR count). The molecule has 0 amide bonds. The van der Waals surface area contributed by atoms with Crippen LogP contribution in [-0.2, 0) is 6.54 Å². The first kappa shape index (κ1) is 9.75. The molecule has 0 radical (unpaired) electrons. The van der Waals surface area contributed by atoms with Gasteiger partial charge in [-0.3, -0.25) is 4.90 Å². The molecule has 15 heavy (non-hydrogen) atoms. The van der Waals surface area contributed by atoms with E-state index in [4.69, 9.17) is 0 Å². The Hall–Kier alpha value is -0.450. The zero-order valence-electron chi connectivity index (χ0n) is 8.85. The predicted molar refractivity (Wildman–Crippen MR) is 61.9 cm³/mol. The summed E-state index contributed by atoms with van der Waals surface area (Å²) in [4.78, 5) is 7.00. The summed E-state index contributed by atoms with van der Waals surface area (Å²) in [5.41, 5.74) is 0. The highest BCUT2D eigenvalue weighted by molar-refractivity contribution is 7.09. The fraction of sp³-hybridized carbons (Fsp3) is 0.727. The van der Waals surface area contributed by atoms with Gasteiger partial charge in [0.1, 0.15) is 5.01 Å². The molecule has 1 atom stereocenters. The summed E-state index contributed by atoms with van der Waals surface area (Å²) in [6, 6.07) is 0.766. The first-order valence-corrected chi connectivity index (χ1v) is 6.64. The lowest BCUT2D eigenvalue weighted by atomic mass is 10.1. The summed E-state index contributed by atoms with van der Waals surface area (Å²) in [5.74, 6) is 0.956. The lowest BCUT2D eigenvalue weighted by Gasteiger charge is -2.35. The third kappa shape index (κ3) is 2.22. The molecule has 3 nitrogen and oxygen atoms in total. The van der Waals surface area contributed by atoms with Gasteiger partial charge >= 0.3 is 0 Å². The number of aromatic nitrogens is 1. The highest BCUT2D eigenvalue weighted by atomic mass is 32.1. The van der Waals surface area contributed by atoms with Crippen molar-refractivity contribution in [3.8, 4) is 0 Å². The van der Waals surface area contributed by atoms with Crippen LogP contribution in [0.15, 0.2) is 11.6 Å². The summed E-state index contributed by atoms with van der Waals surface area (Å²) in [7, 11) is 0. The number of piperazine rings is 1. The normalized spacial score (nSPS) is 28.1. The molecule has 1 aromatic heterocycles. The van der Waals surface area contributed by atoms with Gasteiger partial charge in [0.2, 0.25) is 0 Å². The van der Waals surface area contributed by atoms with Crippen LogP contribution >= 0.6 is 11.3 Å². The Morgan fingerprint density at radius 1 is 1.53 bits per heavy atom. The zero-order chi connectivity index (χ0) is 10.1. The maximum Gasteiger partial charge on any atom is 0.107 e. The molecule has 1 unspecified atom stereocenters. The summed E-state index contributed by atoms with van der Waals surface area (Å²) in [6.07, 6.45) is 4.77. The second-order valence-corrected chi connectivity index (χ2v) is 5.48. The summed E-state index contributed by atoms with van der Waals surface area (Å²) in [5, 5.41) is 6.85. The van der Waals surface area contributed by atoms with Crippen LogP contribution in [0.5, 0.6) is 0 Å². The van der Waals surface area contributed by atoms with Gasteiger partial charge in [-0.05, 0) is 18.8 Å². The minimum atomic E-state index is 0.766. The molecule has 1 N–H and O–H groups in total. The average molecular weight is 223 g/mol. The summed E-state index contributed by atoms with van der Waals surface area (Å²) >= 11 is 1.78. The molecule has 0 aromatic carbocycles. The van der Waals surface area contributed by atoms with E-state index in [0.717, 1.165) is 25.0 Å². The van der Waals surface area contributed by atoms with E-state index in [2.05, 4.69) is 20.6 Å². The van der Waals surface area contributed by atoms with E-state index in [1.807, 2.05) is 6.20 Å². The molecule has 4 heteroatoms. The largest absolute Gasteiger partial charge is 0.314 e. The van der Waals surface area contributed by atoms with Gasteiger partial charge < -0.3 is 5.32 Å². The fourth-order valence-electron chi connectivity index (χ4n) is 2.41. The number of hydrogen-bond acceptors (Lipinski definition) is 4. The third-order valence-electron chi connectivity index (χ3n) is 3.39. The second-order valence-electron chi connectivity index (χ2n) is 4.51. The van der Waals surface area contributed by atoms with Gasteiger partial charge in [0, 0.05) is 37.3 Å². The Bertz CT molecular complexity index is 308. The summed E-state index contributed by atoms with van der Waals surface area (Å²) in [6.45, 7) is 4.55. The molecule has 2 aliphatic rings. The fourth-order valence-corrected chi connectivity index (χ4v) is 3.06. The van der Waals surface area contributed by atoms with Gasteiger partial charge in [0.25, 0.3) is 0 Å². The highest BCUT2D eigenvalue weighted by Crippen LogP contribution is 2.36. The van der Waals surface area contributed by atoms with Crippen molar-refractivity contribution in [2.45, 2.75) is 25.4 Å². The maximum absolute atomic E-state index is 4.38. The van der Waals surface area contributed by atoms with Crippen molar-refractivity contribution in [1.82, 2.24) is 15.2 Å². The topological polar surface area (TPSA) is 28.2 Å². The van der Waals surface area contributed by atoms with E-state index in [9.17, 15) is 0 Å². The van der Waals surface area contributed by atoms with E-state index in [0.29, 0.717) is 0 Å². The molecule has 1 aromatic rings. The van der Waals surface area contributed by atoms with Gasteiger partial charge in [0.15, 0.2) is 0 Å². The van der Waals surface area contributed by atoms with Crippen LogP contribution in [0, 0.1) is 5.92 Å². The van der Waals surface area contributed by atoms with Crippen LogP contribution in [0.25, 0.3) is 0 Å². The summed E-state index contributed by atoms with van der Waals surface area (Å²) < 4.78 is 0. The van der Waals surface area contributed by atoms with Crippen molar-refractivity contribution in [2.75, 3.05) is 19.6 Å². The van der Waals surface area contributed by atoms with Gasteiger partial charge in [-0.25, -0.2) is 4.98 Å². The Labute approximate surface area is 94.5 Å². The number of nitrogens with one attached hydrogen (secondary N) is 1. The van der Waals surface area contributed by atoms with Crippen molar-refractivity contribution in [3.05, 3.63) is 16.6 Å². The van der Waals surface area contributed by atoms with Crippen molar-refractivity contribution in [1.29, 1.82) is 0 Å². The van der Waals surface area contributed by atoms with Gasteiger partial charge in [0.05, 0.1) is 6.54 Å². The van der Waals surface area contributed by atoms with Gasteiger partial charge in [-0.1, -0.05) is 0 Å². The van der Waals surface area contributed by atoms with Crippen LogP contribution in [0.4, 0.5) is 0 Å². The molecule has 2 heterocycles. The molecular formula is C11H17N3S. The molecule has 1 saturated heterocycles. The van der Waals surface area contributed by atoms with Gasteiger partial charge in [-0.2, -0.15) is 0 Å². The molecule has 2 fully saturated rings. The minimum Gasteiger partial charge on any atom is -0.314 e. The smallest absolute Gasteiger partial charge is 0.107 e. The van der Waals surface area contributed by atoms with Crippen molar-refractivity contribution in [3.63, 3.8) is 0 Å². The Kier molecular flexibility index (Phi) is 2.73. The minimum absolute atomic E-state index is 0.766. The van der Waals surface area contributed by atoms with E-state index < -0.39 is 0 Å². The molecule has 0 bridgehead atoms. The predicted octanol–water partition coefficient (Wildman–Crippen LogP) is 1.33. The van der Waals surface area contributed by atoms with Crippen molar-refractivity contribution in [2.24, 2.45) is 5.92 Å². The molecule has 1 aliphatic carbocycles. The molecule has 0 spiro atoms. The lowest BCUT2D eigenvalue weighted by Crippen LogP contribution is -2.51. The van der Waals surface area contributed by atoms with Crippen LogP contribution < -0.4 is 5.32 Å². The standard InChI is InChI=1S/C11H17N3S/c1-2-9(1)10-7-12-3-5-14(10)8-11-13-4-6-15-11/h4,6,9-10,12H,1-3,5,7-8H2. The molecule has 82 valence electrons. The Balaban J connectivity index is 1.66. The SMILES string of the molecule is c1csc(CN2CCNCC2C2CC2)n1. The zero-order valence-corrected chi connectivity index (χ0v) is 9.67. The lowest BCUT2D eigenvalue weighted by molar-refractivity contribution is 0.135. The average Bonchev–Trinajstić information content (AvgIpc) is 2.99. The quantitative estimate of drug-likeness (QED) is 0.838. The highest BCUT2D eigenvalue weighted by Gasteiger charge is 2.36. The molecule has 1 aliphatic heterocycles. The van der Waals surface area contributed by atoms with Crippen LogP contribution in [0.1, 0.15) is 17.8 Å². The van der Waals surface area contributed by atoms with Crippen molar-refractivity contribution >= 4 is 11.3 Å². The number of nitrogens with zero attached hydrogens (tertiary/aromatic N) is 2. The van der Waals surface area contributed by atoms with Crippen LogP contribution in [0.2, 0.25) is 0 Å². The number of hydrogen-bond donors (Lipinski definition) is 1. The van der Waals surface area contributed by atoms with Gasteiger partial charge in [-0.15, -0.1) is 11.3 Å². The third-order valence-corrected chi connectivity index (χ3v) is 4.15. The molecule has 1 saturated carbocycles. The van der Waals surface area contributed by atoms with E-state index in [1.165, 1.54) is 30.9 Å². The maximum atomic E-state index is 4.38. The van der Waals surface area contributed by atoms with E-state index in [-0.39, 0.29) is 0 Å². The van der Waals surface area contributed by atoms with Crippen LogP contribution in [0.3, 0.4) is 0 Å².